The summed E-state index contributed by atoms with van der Waals surface area (Å²) in [6.07, 6.45) is 0.0966. The molecule has 4 nitrogen and oxygen atoms in total. The van der Waals surface area contributed by atoms with Crippen LogP contribution in [0.3, 0.4) is 0 Å². The van der Waals surface area contributed by atoms with Crippen LogP contribution in [-0.2, 0) is 19.7 Å². The smallest absolute Gasteiger partial charge is 0.170 e. The fourth-order valence-corrected chi connectivity index (χ4v) is 5.60. The summed E-state index contributed by atoms with van der Waals surface area (Å²) >= 11 is 0. The zero-order chi connectivity index (χ0) is 11.6. The third-order valence-corrected chi connectivity index (χ3v) is 8.97. The van der Waals surface area contributed by atoms with Crippen LogP contribution < -0.4 is 0 Å². The molecule has 0 aliphatic heterocycles. The van der Waals surface area contributed by atoms with E-state index in [4.69, 9.17) is 0 Å². The lowest BCUT2D eigenvalue weighted by molar-refractivity contribution is 0.543. The second kappa shape index (κ2) is 5.54. The molecule has 0 bridgehead atoms. The normalized spacial score (nSPS) is 13.3. The van der Waals surface area contributed by atoms with Crippen LogP contribution in [0.4, 0.5) is 0 Å². The molecule has 15 heavy (non-hydrogen) atoms. The Morgan fingerprint density at radius 3 is 1.27 bits per heavy atom. The molecule has 0 atom stereocenters. The molecule has 0 fully saturated rings. The molecule has 0 spiro atoms. The van der Waals surface area contributed by atoms with Crippen molar-refractivity contribution in [3.05, 3.63) is 0 Å². The molecule has 7 heteroatoms. The van der Waals surface area contributed by atoms with Gasteiger partial charge in [-0.15, -0.1) is 0 Å². The van der Waals surface area contributed by atoms with Crippen molar-refractivity contribution in [2.75, 3.05) is 11.5 Å². The van der Waals surface area contributed by atoms with E-state index in [1.807, 2.05) is 0 Å². The van der Waals surface area contributed by atoms with E-state index in [1.165, 1.54) is 20.8 Å². The highest BCUT2D eigenvalue weighted by Gasteiger charge is 2.47. The highest BCUT2D eigenvalue weighted by atomic mass is 32.3. The quantitative estimate of drug-likeness (QED) is 0.754. The van der Waals surface area contributed by atoms with E-state index in [1.54, 1.807) is 6.92 Å². The van der Waals surface area contributed by atoms with E-state index in [9.17, 15) is 16.8 Å². The van der Waals surface area contributed by atoms with Crippen molar-refractivity contribution in [3.8, 4) is 0 Å². The Kier molecular flexibility index (Phi) is 6.51. The van der Waals surface area contributed by atoms with Gasteiger partial charge in [-0.2, -0.15) is 13.5 Å². The summed E-state index contributed by atoms with van der Waals surface area (Å²) in [6.45, 7) is 5.81. The lowest BCUT2D eigenvalue weighted by Gasteiger charge is -2.26. The molecule has 0 aromatic rings. The molecule has 0 unspecified atom stereocenters. The van der Waals surface area contributed by atoms with Crippen molar-refractivity contribution in [1.82, 2.24) is 0 Å². The summed E-state index contributed by atoms with van der Waals surface area (Å²) in [4.78, 5) is 0. The van der Waals surface area contributed by atoms with Crippen molar-refractivity contribution in [2.45, 2.75) is 38.2 Å². The zero-order valence-corrected chi connectivity index (χ0v) is 12.2. The Hall–Kier alpha value is 0.250. The van der Waals surface area contributed by atoms with Crippen LogP contribution in [0.25, 0.3) is 0 Å². The molecule has 94 valence electrons. The highest BCUT2D eigenvalue weighted by molar-refractivity contribution is 8.10. The third-order valence-electron chi connectivity index (χ3n) is 2.72. The van der Waals surface area contributed by atoms with E-state index >= 15 is 0 Å². The number of rotatable bonds is 5. The lowest BCUT2D eigenvalue weighted by Crippen LogP contribution is -2.44. The minimum Gasteiger partial charge on any atom is -0.227 e. The van der Waals surface area contributed by atoms with Crippen molar-refractivity contribution in [1.29, 1.82) is 0 Å². The topological polar surface area (TPSA) is 68.3 Å². The molecule has 0 aromatic carbocycles. The average molecular weight is 276 g/mol. The molecule has 0 amide bonds. The van der Waals surface area contributed by atoms with Gasteiger partial charge in [0.05, 0.1) is 0 Å². The molecule has 0 saturated heterocycles. The van der Waals surface area contributed by atoms with E-state index in [2.05, 4.69) is 0 Å². The predicted molar refractivity (Wildman–Crippen MR) is 68.0 cm³/mol. The van der Waals surface area contributed by atoms with Crippen LogP contribution in [-0.4, -0.2) is 32.4 Å². The first-order chi connectivity index (χ1) is 6.18. The number of hydrogen-bond acceptors (Lipinski definition) is 4. The first-order valence-electron chi connectivity index (χ1n) is 4.63. The van der Waals surface area contributed by atoms with Gasteiger partial charge < -0.3 is 0 Å². The van der Waals surface area contributed by atoms with Gasteiger partial charge in [-0.05, 0) is 13.3 Å². The fraction of sp³-hybridized carbons (Fsp3) is 1.00. The molecule has 0 aromatic heterocycles. The maximum Gasteiger partial charge on any atom is 0.170 e. The van der Waals surface area contributed by atoms with Crippen LogP contribution >= 0.6 is 13.5 Å². The van der Waals surface area contributed by atoms with Crippen molar-refractivity contribution in [3.63, 3.8) is 0 Å². The highest BCUT2D eigenvalue weighted by Crippen LogP contribution is 2.29. The lowest BCUT2D eigenvalue weighted by atomic mass is 10.4. The fourth-order valence-electron chi connectivity index (χ4n) is 1.24. The monoisotopic (exact) mass is 276 g/mol. The maximum absolute atomic E-state index is 11.7. The molecular weight excluding hydrogens is 256 g/mol. The first kappa shape index (κ1) is 17.6. The summed E-state index contributed by atoms with van der Waals surface area (Å²) in [5.41, 5.74) is 0. The van der Waals surface area contributed by atoms with Gasteiger partial charge in [-0.3, -0.25) is 0 Å². The average Bonchev–Trinajstić information content (AvgIpc) is 2.15. The maximum atomic E-state index is 11.7. The second-order valence-corrected chi connectivity index (χ2v) is 8.97. The molecule has 0 radical (unpaired) electrons. The van der Waals surface area contributed by atoms with Gasteiger partial charge in [0.2, 0.25) is 0 Å². The minimum absolute atomic E-state index is 0. The molecule has 0 aliphatic rings. The first-order valence-corrected chi connectivity index (χ1v) is 7.93. The third kappa shape index (κ3) is 2.88. The van der Waals surface area contributed by atoms with Crippen LogP contribution in [0.1, 0.15) is 34.1 Å². The molecule has 0 heterocycles. The Bertz CT molecular complexity index is 346. The molecule has 0 saturated carbocycles. The van der Waals surface area contributed by atoms with E-state index in [0.717, 1.165) is 0 Å². The van der Waals surface area contributed by atoms with E-state index < -0.39 is 23.8 Å². The Labute approximate surface area is 99.7 Å². The van der Waals surface area contributed by atoms with Crippen molar-refractivity contribution in [2.24, 2.45) is 0 Å². The van der Waals surface area contributed by atoms with Gasteiger partial charge in [0.15, 0.2) is 23.8 Å². The van der Waals surface area contributed by atoms with Crippen LogP contribution in [0.2, 0.25) is 0 Å². The van der Waals surface area contributed by atoms with Gasteiger partial charge in [0.25, 0.3) is 0 Å². The minimum atomic E-state index is -3.57. The van der Waals surface area contributed by atoms with Crippen LogP contribution in [0.5, 0.6) is 0 Å². The Morgan fingerprint density at radius 2 is 1.13 bits per heavy atom. The molecule has 0 rings (SSSR count). The second-order valence-electron chi connectivity index (χ2n) is 3.29. The van der Waals surface area contributed by atoms with Crippen molar-refractivity contribution >= 4 is 33.2 Å². The summed E-state index contributed by atoms with van der Waals surface area (Å²) in [7, 11) is -7.14. The van der Waals surface area contributed by atoms with Gasteiger partial charge in [0, 0.05) is 11.5 Å². The van der Waals surface area contributed by atoms with Crippen LogP contribution in [0.15, 0.2) is 0 Å². The van der Waals surface area contributed by atoms with Crippen molar-refractivity contribution < 1.29 is 16.8 Å². The summed E-state index contributed by atoms with van der Waals surface area (Å²) in [6, 6.07) is 0. The number of hydrogen-bond donors (Lipinski definition) is 0. The predicted octanol–water partition coefficient (Wildman–Crippen LogP) is 1.09. The van der Waals surface area contributed by atoms with E-state index in [-0.39, 0.29) is 31.4 Å². The number of sulfone groups is 2. The van der Waals surface area contributed by atoms with Gasteiger partial charge in [0.1, 0.15) is 0 Å². The van der Waals surface area contributed by atoms with Gasteiger partial charge >= 0.3 is 0 Å². The summed E-state index contributed by atoms with van der Waals surface area (Å²) in [5.74, 6) is -0.285. The zero-order valence-electron chi connectivity index (χ0n) is 9.57. The van der Waals surface area contributed by atoms with Gasteiger partial charge in [-0.1, -0.05) is 20.8 Å². The summed E-state index contributed by atoms with van der Waals surface area (Å²) < 4.78 is 45.1. The standard InChI is InChI=1S/C8H18O4S2.H2S/c1-5-8(4,13(9,10)6-2)14(11,12)7-3;/h5-7H2,1-4H3;1H2. The molecule has 0 aliphatic carbocycles. The molecule has 0 N–H and O–H groups in total. The Morgan fingerprint density at radius 1 is 0.867 bits per heavy atom. The molecular formula is C8H20O4S3. The van der Waals surface area contributed by atoms with Gasteiger partial charge in [-0.25, -0.2) is 16.8 Å². The van der Waals surface area contributed by atoms with Crippen LogP contribution in [0, 0.1) is 0 Å². The summed E-state index contributed by atoms with van der Waals surface area (Å²) in [5, 5.41) is 0. The Balaban J connectivity index is 0. The SMILES string of the molecule is CCC(C)(S(=O)(=O)CC)S(=O)(=O)CC.S. The van der Waals surface area contributed by atoms with E-state index in [0.29, 0.717) is 0 Å². The largest absolute Gasteiger partial charge is 0.227 e.